The average molecular weight is 908 g/mol. The van der Waals surface area contributed by atoms with Crippen LogP contribution in [-0.2, 0) is 23.5 Å². The highest BCUT2D eigenvalue weighted by molar-refractivity contribution is 6.62. The maximum atomic E-state index is 12.7. The Hall–Kier alpha value is -6.07. The maximum Gasteiger partial charge on any atom is 0.494 e. The van der Waals surface area contributed by atoms with E-state index in [0.717, 1.165) is 87.4 Å². The predicted molar refractivity (Wildman–Crippen MR) is 258 cm³/mol. The van der Waals surface area contributed by atoms with E-state index in [0.29, 0.717) is 45.1 Å². The fourth-order valence-electron chi connectivity index (χ4n) is 8.26. The van der Waals surface area contributed by atoms with Gasteiger partial charge in [-0.15, -0.1) is 0 Å². The molecule has 3 aliphatic rings. The zero-order valence-electron chi connectivity index (χ0n) is 38.6. The molecule has 1 N–H and O–H groups in total. The zero-order valence-corrected chi connectivity index (χ0v) is 38.6. The fourth-order valence-corrected chi connectivity index (χ4v) is 8.26. The number of carbonyl (C=O) groups is 1. The van der Waals surface area contributed by atoms with Crippen molar-refractivity contribution >= 4 is 40.6 Å². The number of imidazole rings is 2. The van der Waals surface area contributed by atoms with E-state index in [1.165, 1.54) is 0 Å². The Balaban J connectivity index is 0.000000168. The van der Waals surface area contributed by atoms with Crippen LogP contribution in [0.5, 0.6) is 11.5 Å². The average Bonchev–Trinajstić information content (AvgIpc) is 4.05. The fraction of sp³-hybridized carbons (Fsp3) is 0.365. The van der Waals surface area contributed by atoms with Crippen LogP contribution in [0.2, 0.25) is 0 Å². The molecule has 0 saturated carbocycles. The molecule has 3 fully saturated rings. The quantitative estimate of drug-likeness (QED) is 0.0896. The monoisotopic (exact) mass is 907 g/mol. The number of amides is 1. The van der Waals surface area contributed by atoms with Crippen molar-refractivity contribution in [1.29, 1.82) is 0 Å². The zero-order chi connectivity index (χ0) is 46.4. The van der Waals surface area contributed by atoms with Crippen molar-refractivity contribution in [2.45, 2.75) is 64.4 Å². The van der Waals surface area contributed by atoms with Crippen LogP contribution in [0.3, 0.4) is 0 Å². The number of nitrogens with zero attached hydrogens (tertiary/aromatic N) is 5. The van der Waals surface area contributed by atoms with E-state index in [9.17, 15) is 4.79 Å². The van der Waals surface area contributed by atoms with Crippen molar-refractivity contribution in [2.24, 2.45) is 0 Å². The molecule has 1 unspecified atom stereocenters. The minimum atomic E-state index is -0.398. The number of morpholine rings is 1. The Morgan fingerprint density at radius 1 is 0.687 bits per heavy atom. The van der Waals surface area contributed by atoms with Crippen molar-refractivity contribution < 1.29 is 42.9 Å². The van der Waals surface area contributed by atoms with Gasteiger partial charge in [-0.25, -0.2) is 9.97 Å². The van der Waals surface area contributed by atoms with Gasteiger partial charge in [0.15, 0.2) is 6.29 Å². The van der Waals surface area contributed by atoms with E-state index >= 15 is 0 Å². The largest absolute Gasteiger partial charge is 0.494 e. The number of fused-ring (bicyclic) bond motifs is 2. The van der Waals surface area contributed by atoms with Gasteiger partial charge in [-0.05, 0) is 148 Å². The van der Waals surface area contributed by atoms with E-state index < -0.39 is 7.12 Å². The predicted octanol–water partition coefficient (Wildman–Crippen LogP) is 7.78. The topological polar surface area (TPSA) is 141 Å². The van der Waals surface area contributed by atoms with Crippen molar-refractivity contribution in [3.63, 3.8) is 0 Å². The van der Waals surface area contributed by atoms with Gasteiger partial charge in [-0.1, -0.05) is 24.3 Å². The van der Waals surface area contributed by atoms with Crippen molar-refractivity contribution in [2.75, 3.05) is 59.3 Å². The first-order valence-corrected chi connectivity index (χ1v) is 23.1. The molecule has 0 radical (unpaired) electrons. The third-order valence-electron chi connectivity index (χ3n) is 12.8. The molecular formula is C52H58BN5O9. The number of carbonyl (C=O) groups excluding carboxylic acids is 1. The van der Waals surface area contributed by atoms with E-state index in [4.69, 9.17) is 38.1 Å². The summed E-state index contributed by atoms with van der Waals surface area (Å²) in [6.45, 7) is 12.8. The molecule has 1 amide bonds. The van der Waals surface area contributed by atoms with Crippen LogP contribution in [0, 0.1) is 0 Å². The molecule has 10 rings (SSSR count). The normalized spacial score (nSPS) is 17.9. The van der Waals surface area contributed by atoms with Crippen molar-refractivity contribution in [1.82, 2.24) is 24.0 Å². The van der Waals surface area contributed by atoms with Crippen LogP contribution in [-0.4, -0.2) is 119 Å². The van der Waals surface area contributed by atoms with Gasteiger partial charge in [-0.2, -0.15) is 0 Å². The number of ether oxygens (including phenoxy) is 5. The Morgan fingerprint density at radius 3 is 1.87 bits per heavy atom. The minimum absolute atomic E-state index is 0.0108. The first-order valence-electron chi connectivity index (χ1n) is 23.1. The van der Waals surface area contributed by atoms with Gasteiger partial charge in [0.2, 0.25) is 0 Å². The van der Waals surface area contributed by atoms with E-state index in [1.807, 2.05) is 101 Å². The van der Waals surface area contributed by atoms with Crippen LogP contribution in [0.25, 0.3) is 44.6 Å². The highest BCUT2D eigenvalue weighted by Gasteiger charge is 2.51. The highest BCUT2D eigenvalue weighted by atomic mass is 16.7. The number of aliphatic hydroxyl groups excluding tert-OH is 1. The van der Waals surface area contributed by atoms with Gasteiger partial charge in [0.05, 0.1) is 59.7 Å². The Kier molecular flexibility index (Phi) is 14.0. The number of hydrogen-bond acceptors (Lipinski definition) is 11. The van der Waals surface area contributed by atoms with E-state index in [-0.39, 0.29) is 36.6 Å². The third kappa shape index (κ3) is 10.6. The van der Waals surface area contributed by atoms with Gasteiger partial charge < -0.3 is 43.0 Å². The van der Waals surface area contributed by atoms with E-state index in [2.05, 4.69) is 72.6 Å². The Morgan fingerprint density at radius 2 is 1.27 bits per heavy atom. The summed E-state index contributed by atoms with van der Waals surface area (Å²) in [6.07, 6.45) is 6.81. The smallest absolute Gasteiger partial charge is 0.491 e. The first kappa shape index (κ1) is 46.1. The number of rotatable bonds is 13. The molecule has 5 aromatic carbocycles. The molecule has 15 heteroatoms. The van der Waals surface area contributed by atoms with Crippen LogP contribution in [0.4, 0.5) is 0 Å². The summed E-state index contributed by atoms with van der Waals surface area (Å²) in [7, 11) is -0.398. The third-order valence-corrected chi connectivity index (χ3v) is 12.8. The highest BCUT2D eigenvalue weighted by Crippen LogP contribution is 2.37. The lowest BCUT2D eigenvalue weighted by Crippen LogP contribution is -2.41. The number of aromatic nitrogens is 4. The molecular weight excluding hydrogens is 849 g/mol. The van der Waals surface area contributed by atoms with Crippen molar-refractivity contribution in [3.05, 3.63) is 127 Å². The molecule has 14 nitrogen and oxygen atoms in total. The molecule has 0 spiro atoms. The second-order valence-electron chi connectivity index (χ2n) is 17.8. The lowest BCUT2D eigenvalue weighted by molar-refractivity contribution is -0.165. The summed E-state index contributed by atoms with van der Waals surface area (Å²) in [4.78, 5) is 23.7. The van der Waals surface area contributed by atoms with Gasteiger partial charge >= 0.3 is 7.12 Å². The molecule has 348 valence electrons. The van der Waals surface area contributed by atoms with E-state index in [1.54, 1.807) is 0 Å². The lowest BCUT2D eigenvalue weighted by Gasteiger charge is -2.32. The molecule has 1 atom stereocenters. The summed E-state index contributed by atoms with van der Waals surface area (Å²) in [5.41, 5.74) is 8.82. The maximum absolute atomic E-state index is 12.7. The van der Waals surface area contributed by atoms with Gasteiger partial charge in [0.25, 0.3) is 5.91 Å². The van der Waals surface area contributed by atoms with Crippen molar-refractivity contribution in [3.8, 4) is 34.0 Å². The Bertz CT molecular complexity index is 2730. The molecule has 0 aliphatic carbocycles. The number of hydrogen-bond donors (Lipinski definition) is 1. The van der Waals surface area contributed by atoms with Gasteiger partial charge in [-0.3, -0.25) is 13.9 Å². The first-order chi connectivity index (χ1) is 32.5. The summed E-state index contributed by atoms with van der Waals surface area (Å²) in [6, 6.07) is 35.8. The molecule has 2 aromatic heterocycles. The lowest BCUT2D eigenvalue weighted by atomic mass is 9.79. The number of benzene rings is 5. The summed E-state index contributed by atoms with van der Waals surface area (Å²) in [5, 5.41) is 8.89. The summed E-state index contributed by atoms with van der Waals surface area (Å²) >= 11 is 0. The van der Waals surface area contributed by atoms with Gasteiger partial charge in [0.1, 0.15) is 37.4 Å². The van der Waals surface area contributed by atoms with Crippen LogP contribution in [0.15, 0.2) is 122 Å². The van der Waals surface area contributed by atoms with Crippen LogP contribution < -0.4 is 14.9 Å². The summed E-state index contributed by atoms with van der Waals surface area (Å²) < 4.78 is 44.4. The van der Waals surface area contributed by atoms with Crippen LogP contribution in [0.1, 0.15) is 57.3 Å². The minimum Gasteiger partial charge on any atom is -0.491 e. The number of aliphatic hydroxyl groups is 1. The molecule has 5 heterocycles. The molecule has 67 heavy (non-hydrogen) atoms. The Labute approximate surface area is 391 Å². The van der Waals surface area contributed by atoms with Gasteiger partial charge in [0, 0.05) is 36.6 Å². The second-order valence-corrected chi connectivity index (χ2v) is 17.8. The standard InChI is InChI=1S/C26H33BN2O5.C26H25N3O4/c1-25(2)26(3,4)34-27(33-25)19-8-13-23-22(17-19)28-18-29(23)20-9-11-21(12-10-20)30-15-16-32-24-7-5-6-14-31-24;30-13-16-33-23-8-6-22(7-9-23)29-18-27-24-17-21(5-10-25(24)29)19-1-3-20(4-2-19)26(31)28-11-14-32-15-12-28/h8-13,17-18,24H,5-7,14-16H2,1-4H3;1-10,17-18,30H,11-16H2. The molecule has 7 aromatic rings. The van der Waals surface area contributed by atoms with Crippen LogP contribution >= 0.6 is 0 Å². The molecule has 3 saturated heterocycles. The SMILES string of the molecule is CC1(C)OB(c2ccc3c(c2)ncn3-c2ccc(OCCOC3CCCCO3)cc2)OC1(C)C.O=C(c1ccc(-c2ccc3c(c2)ncn3-c2ccc(OCCO)cc2)cc1)N1CCOCC1. The second kappa shape index (κ2) is 20.4. The molecule has 0 bridgehead atoms. The summed E-state index contributed by atoms with van der Waals surface area (Å²) in [5.74, 6) is 1.58. The molecule has 3 aliphatic heterocycles.